The van der Waals surface area contributed by atoms with E-state index in [2.05, 4.69) is 18.0 Å². The molecule has 0 aromatic heterocycles. The number of Topliss-reactive ketones (excluding diaryl/α,β-unsaturated/α-hetero) is 1. The zero-order valence-corrected chi connectivity index (χ0v) is 11.0. The number of carbonyl (C=O) groups excluding carboxylic acids is 1. The average molecular weight is 245 g/mol. The molecule has 3 heteroatoms. The van der Waals surface area contributed by atoms with Crippen LogP contribution in [-0.2, 0) is 0 Å². The molecule has 0 N–H and O–H groups in total. The van der Waals surface area contributed by atoms with E-state index < -0.39 is 0 Å². The highest BCUT2D eigenvalue weighted by Gasteiger charge is 2.38. The van der Waals surface area contributed by atoms with Crippen LogP contribution in [0.15, 0.2) is 18.2 Å². The molecule has 1 aromatic rings. The Kier molecular flexibility index (Phi) is 2.86. The first-order valence-corrected chi connectivity index (χ1v) is 6.59. The summed E-state index contributed by atoms with van der Waals surface area (Å²) in [7, 11) is 3.80. The number of fused-ring (bicyclic) bond motifs is 3. The van der Waals surface area contributed by atoms with Gasteiger partial charge in [0.1, 0.15) is 5.75 Å². The van der Waals surface area contributed by atoms with Crippen LogP contribution in [-0.4, -0.2) is 37.9 Å². The minimum atomic E-state index is 0.258. The van der Waals surface area contributed by atoms with Crippen LogP contribution in [0.5, 0.6) is 5.75 Å². The van der Waals surface area contributed by atoms with Gasteiger partial charge in [-0.2, -0.15) is 0 Å². The van der Waals surface area contributed by atoms with Gasteiger partial charge in [-0.05, 0) is 37.6 Å². The van der Waals surface area contributed by atoms with Crippen LogP contribution in [0.2, 0.25) is 0 Å². The van der Waals surface area contributed by atoms with Crippen molar-refractivity contribution in [3.63, 3.8) is 0 Å². The lowest BCUT2D eigenvalue weighted by molar-refractivity contribution is 0.0883. The number of piperidine rings is 1. The summed E-state index contributed by atoms with van der Waals surface area (Å²) in [5.74, 6) is 2.01. The second-order valence-corrected chi connectivity index (χ2v) is 5.47. The number of hydrogen-bond acceptors (Lipinski definition) is 3. The molecule has 1 aliphatic carbocycles. The largest absolute Gasteiger partial charge is 0.496 e. The van der Waals surface area contributed by atoms with Gasteiger partial charge in [0.25, 0.3) is 0 Å². The Hall–Kier alpha value is -1.35. The molecular formula is C15H19NO2. The Morgan fingerprint density at radius 2 is 2.22 bits per heavy atom. The molecule has 1 aliphatic heterocycles. The molecule has 1 heterocycles. The van der Waals surface area contributed by atoms with Crippen LogP contribution in [0.4, 0.5) is 0 Å². The normalized spacial score (nSPS) is 27.6. The summed E-state index contributed by atoms with van der Waals surface area (Å²) in [5.41, 5.74) is 2.03. The van der Waals surface area contributed by atoms with Crippen molar-refractivity contribution in [2.45, 2.75) is 18.8 Å². The quantitative estimate of drug-likeness (QED) is 0.760. The molecule has 2 atom stereocenters. The van der Waals surface area contributed by atoms with Crippen LogP contribution in [0, 0.1) is 5.92 Å². The molecule has 0 bridgehead atoms. The number of nitrogens with zero attached hydrogens (tertiary/aromatic N) is 1. The van der Waals surface area contributed by atoms with Crippen LogP contribution in [0.25, 0.3) is 0 Å². The minimum absolute atomic E-state index is 0.258. The number of likely N-dealkylation sites (N-methyl/N-ethyl adjacent to an activating group) is 1. The third-order valence-corrected chi connectivity index (χ3v) is 4.36. The molecule has 3 nitrogen and oxygen atoms in total. The monoisotopic (exact) mass is 245 g/mol. The van der Waals surface area contributed by atoms with Gasteiger partial charge in [-0.15, -0.1) is 0 Å². The van der Waals surface area contributed by atoms with Gasteiger partial charge in [0.05, 0.1) is 12.7 Å². The first-order valence-electron chi connectivity index (χ1n) is 6.59. The lowest BCUT2D eigenvalue weighted by atomic mass is 9.71. The van der Waals surface area contributed by atoms with Crippen LogP contribution in [0.1, 0.15) is 34.7 Å². The predicted octanol–water partition coefficient (Wildman–Crippen LogP) is 2.32. The van der Waals surface area contributed by atoms with Crippen molar-refractivity contribution in [1.82, 2.24) is 4.90 Å². The summed E-state index contributed by atoms with van der Waals surface area (Å²) in [4.78, 5) is 14.7. The van der Waals surface area contributed by atoms with Crippen molar-refractivity contribution in [2.24, 2.45) is 5.92 Å². The highest BCUT2D eigenvalue weighted by Crippen LogP contribution is 2.43. The summed E-state index contributed by atoms with van der Waals surface area (Å²) in [6, 6.07) is 6.00. The van der Waals surface area contributed by atoms with Crippen molar-refractivity contribution in [1.29, 1.82) is 0 Å². The number of ether oxygens (including phenoxy) is 1. The van der Waals surface area contributed by atoms with E-state index >= 15 is 0 Å². The molecule has 0 saturated carbocycles. The van der Waals surface area contributed by atoms with E-state index in [1.165, 1.54) is 5.56 Å². The van der Waals surface area contributed by atoms with Gasteiger partial charge >= 0.3 is 0 Å². The maximum Gasteiger partial charge on any atom is 0.167 e. The van der Waals surface area contributed by atoms with E-state index in [1.54, 1.807) is 7.11 Å². The molecule has 1 saturated heterocycles. The van der Waals surface area contributed by atoms with E-state index in [0.29, 0.717) is 18.3 Å². The number of methoxy groups -OCH3 is 1. The summed E-state index contributed by atoms with van der Waals surface area (Å²) >= 11 is 0. The summed E-state index contributed by atoms with van der Waals surface area (Å²) < 4.78 is 5.36. The molecule has 0 radical (unpaired) electrons. The van der Waals surface area contributed by atoms with Gasteiger partial charge in [0.2, 0.25) is 0 Å². The first-order chi connectivity index (χ1) is 8.70. The zero-order valence-electron chi connectivity index (χ0n) is 11.0. The van der Waals surface area contributed by atoms with Gasteiger partial charge < -0.3 is 9.64 Å². The Labute approximate surface area is 108 Å². The average Bonchev–Trinajstić information content (AvgIpc) is 2.39. The summed E-state index contributed by atoms with van der Waals surface area (Å²) in [6.45, 7) is 2.16. The maximum atomic E-state index is 12.3. The molecular weight excluding hydrogens is 226 g/mol. The van der Waals surface area contributed by atoms with Crippen LogP contribution in [0.3, 0.4) is 0 Å². The number of carbonyl (C=O) groups is 1. The highest BCUT2D eigenvalue weighted by atomic mass is 16.5. The number of hydrogen-bond donors (Lipinski definition) is 0. The number of rotatable bonds is 1. The maximum absolute atomic E-state index is 12.3. The molecule has 0 spiro atoms. The van der Waals surface area contributed by atoms with Crippen molar-refractivity contribution >= 4 is 5.78 Å². The third-order valence-electron chi connectivity index (χ3n) is 4.36. The predicted molar refractivity (Wildman–Crippen MR) is 70.3 cm³/mol. The van der Waals surface area contributed by atoms with Gasteiger partial charge in [-0.25, -0.2) is 0 Å². The fourth-order valence-corrected chi connectivity index (χ4v) is 3.43. The standard InChI is InChI=1S/C15H19NO2/c1-16-7-6-10-8-13(17)15-11(12(10)9-16)4-3-5-14(15)18-2/h3-5,10,12H,6-9H2,1-2H3. The molecule has 96 valence electrons. The summed E-state index contributed by atoms with van der Waals surface area (Å²) in [5, 5.41) is 0. The lowest BCUT2D eigenvalue weighted by Crippen LogP contribution is -2.40. The minimum Gasteiger partial charge on any atom is -0.496 e. The van der Waals surface area contributed by atoms with E-state index in [4.69, 9.17) is 4.74 Å². The van der Waals surface area contributed by atoms with E-state index in [0.717, 1.165) is 30.8 Å². The second-order valence-electron chi connectivity index (χ2n) is 5.47. The molecule has 1 aromatic carbocycles. The van der Waals surface area contributed by atoms with Gasteiger partial charge in [-0.3, -0.25) is 4.79 Å². The highest BCUT2D eigenvalue weighted by molar-refractivity contribution is 6.01. The van der Waals surface area contributed by atoms with Crippen molar-refractivity contribution in [3.8, 4) is 5.75 Å². The SMILES string of the molecule is COc1cccc2c1C(=O)CC1CCN(C)CC21. The lowest BCUT2D eigenvalue weighted by Gasteiger charge is -2.40. The first kappa shape index (κ1) is 11.7. The van der Waals surface area contributed by atoms with Crippen molar-refractivity contribution in [3.05, 3.63) is 29.3 Å². The van der Waals surface area contributed by atoms with Crippen molar-refractivity contribution < 1.29 is 9.53 Å². The fraction of sp³-hybridized carbons (Fsp3) is 0.533. The van der Waals surface area contributed by atoms with Crippen LogP contribution >= 0.6 is 0 Å². The number of ketones is 1. The van der Waals surface area contributed by atoms with E-state index in [-0.39, 0.29) is 5.78 Å². The Balaban J connectivity index is 2.08. The Morgan fingerprint density at radius 1 is 1.39 bits per heavy atom. The third kappa shape index (κ3) is 1.74. The molecule has 18 heavy (non-hydrogen) atoms. The van der Waals surface area contributed by atoms with E-state index in [9.17, 15) is 4.79 Å². The van der Waals surface area contributed by atoms with Gasteiger partial charge in [-0.1, -0.05) is 12.1 Å². The molecule has 0 amide bonds. The van der Waals surface area contributed by atoms with Crippen molar-refractivity contribution in [2.75, 3.05) is 27.2 Å². The van der Waals surface area contributed by atoms with Crippen LogP contribution < -0.4 is 4.74 Å². The van der Waals surface area contributed by atoms with E-state index in [1.807, 2.05) is 12.1 Å². The molecule has 1 fully saturated rings. The molecule has 2 unspecified atom stereocenters. The molecule has 2 aliphatic rings. The smallest absolute Gasteiger partial charge is 0.167 e. The zero-order chi connectivity index (χ0) is 12.7. The van der Waals surface area contributed by atoms with Gasteiger partial charge in [0.15, 0.2) is 5.78 Å². The summed E-state index contributed by atoms with van der Waals surface area (Å²) in [6.07, 6.45) is 1.81. The Bertz CT molecular complexity index is 483. The Morgan fingerprint density at radius 3 is 3.00 bits per heavy atom. The number of likely N-dealkylation sites (tertiary alicyclic amines) is 1. The fourth-order valence-electron chi connectivity index (χ4n) is 3.43. The van der Waals surface area contributed by atoms with Gasteiger partial charge in [0, 0.05) is 18.9 Å². The number of benzene rings is 1. The second kappa shape index (κ2) is 4.39. The topological polar surface area (TPSA) is 29.5 Å². The molecule has 3 rings (SSSR count).